The number of aliphatic carboxylic acids is 2. The van der Waals surface area contributed by atoms with Gasteiger partial charge in [-0.05, 0) is 26.2 Å². The molecule has 1 aromatic rings. The fourth-order valence-corrected chi connectivity index (χ4v) is 2.08. The van der Waals surface area contributed by atoms with Gasteiger partial charge >= 0.3 is 11.9 Å². The number of likely N-dealkylation sites (N-methyl/N-ethyl adjacent to an activating group) is 2. The first-order valence-electron chi connectivity index (χ1n) is 7.36. The summed E-state index contributed by atoms with van der Waals surface area (Å²) in [5, 5.41) is 15.6. The highest BCUT2D eigenvalue weighted by atomic mass is 16.5. The monoisotopic (exact) mass is 351 g/mol. The number of carbonyl (C=O) groups is 3. The molecule has 1 atom stereocenters. The number of ether oxygens (including phenoxy) is 1. The first-order chi connectivity index (χ1) is 11.7. The van der Waals surface area contributed by atoms with Gasteiger partial charge in [-0.15, -0.1) is 0 Å². The quantitative estimate of drug-likeness (QED) is 0.738. The van der Waals surface area contributed by atoms with E-state index in [1.165, 1.54) is 0 Å². The molecule has 1 aromatic heterocycles. The summed E-state index contributed by atoms with van der Waals surface area (Å²) in [6.07, 6.45) is 2.71. The third kappa shape index (κ3) is 7.00. The largest absolute Gasteiger partial charge is 0.478 e. The minimum Gasteiger partial charge on any atom is -0.478 e. The average molecular weight is 351 g/mol. The minimum atomic E-state index is -1.26. The normalized spacial score (nSPS) is 16.6. The van der Waals surface area contributed by atoms with E-state index in [0.717, 1.165) is 6.54 Å². The Labute approximate surface area is 145 Å². The number of pyridine rings is 1. The van der Waals surface area contributed by atoms with Crippen molar-refractivity contribution < 1.29 is 29.3 Å². The Hall–Kier alpha value is -2.94. The number of carboxylic acids is 2. The van der Waals surface area contributed by atoms with E-state index in [1.807, 2.05) is 19.0 Å². The van der Waals surface area contributed by atoms with Crippen molar-refractivity contribution in [2.45, 2.75) is 6.10 Å². The Morgan fingerprint density at radius 2 is 1.96 bits per heavy atom. The number of aromatic nitrogens is 1. The summed E-state index contributed by atoms with van der Waals surface area (Å²) in [6.45, 7) is 1.33. The van der Waals surface area contributed by atoms with Crippen molar-refractivity contribution in [1.82, 2.24) is 14.8 Å². The van der Waals surface area contributed by atoms with Crippen LogP contribution in [0.2, 0.25) is 0 Å². The van der Waals surface area contributed by atoms with Gasteiger partial charge in [-0.2, -0.15) is 0 Å². The summed E-state index contributed by atoms with van der Waals surface area (Å²) < 4.78 is 5.79. The molecule has 2 heterocycles. The molecule has 0 bridgehead atoms. The second kappa shape index (κ2) is 9.38. The molecule has 0 saturated heterocycles. The molecule has 2 rings (SSSR count). The van der Waals surface area contributed by atoms with Crippen LogP contribution < -0.4 is 4.74 Å². The first-order valence-corrected chi connectivity index (χ1v) is 7.36. The highest BCUT2D eigenvalue weighted by Gasteiger charge is 2.27. The molecule has 0 fully saturated rings. The van der Waals surface area contributed by atoms with E-state index < -0.39 is 11.9 Å². The molecule has 2 N–H and O–H groups in total. The molecule has 1 aliphatic heterocycles. The summed E-state index contributed by atoms with van der Waals surface area (Å²) in [4.78, 5) is 39.0. The van der Waals surface area contributed by atoms with Gasteiger partial charge in [0.25, 0.3) is 5.91 Å². The second-order valence-corrected chi connectivity index (χ2v) is 5.55. The smallest absolute Gasteiger partial charge is 0.328 e. The van der Waals surface area contributed by atoms with Gasteiger partial charge in [-0.1, -0.05) is 0 Å². The van der Waals surface area contributed by atoms with Gasteiger partial charge in [0.1, 0.15) is 11.7 Å². The maximum atomic E-state index is 12.1. The van der Waals surface area contributed by atoms with Crippen LogP contribution >= 0.6 is 0 Å². The third-order valence-corrected chi connectivity index (χ3v) is 3.04. The lowest BCUT2D eigenvalue weighted by Gasteiger charge is -2.22. The van der Waals surface area contributed by atoms with Crippen LogP contribution in [0, 0.1) is 0 Å². The Kier molecular flexibility index (Phi) is 7.54. The number of amides is 1. The average Bonchev–Trinajstić information content (AvgIpc) is 2.63. The SMILES string of the molecule is CN(C)CC1CN(C)C(=O)c2cccnc2O1.O=C(O)C=CC(=O)O. The Morgan fingerprint density at radius 1 is 1.36 bits per heavy atom. The minimum absolute atomic E-state index is 0.0330. The third-order valence-electron chi connectivity index (χ3n) is 3.04. The molecular formula is C16H21N3O6. The van der Waals surface area contributed by atoms with Crippen LogP contribution in [-0.4, -0.2) is 83.2 Å². The zero-order valence-electron chi connectivity index (χ0n) is 14.2. The molecule has 0 saturated carbocycles. The summed E-state index contributed by atoms with van der Waals surface area (Å²) in [5.41, 5.74) is 0.538. The Morgan fingerprint density at radius 3 is 2.48 bits per heavy atom. The second-order valence-electron chi connectivity index (χ2n) is 5.55. The summed E-state index contributed by atoms with van der Waals surface area (Å²) in [5.74, 6) is -2.11. The molecule has 0 aromatic carbocycles. The van der Waals surface area contributed by atoms with Crippen molar-refractivity contribution in [2.24, 2.45) is 0 Å². The van der Waals surface area contributed by atoms with Gasteiger partial charge in [0, 0.05) is 31.9 Å². The number of carboxylic acid groups (broad SMARTS) is 2. The molecule has 0 aliphatic carbocycles. The zero-order chi connectivity index (χ0) is 19.0. The lowest BCUT2D eigenvalue weighted by atomic mass is 10.2. The summed E-state index contributed by atoms with van der Waals surface area (Å²) in [6, 6.07) is 3.50. The van der Waals surface area contributed by atoms with Crippen LogP contribution in [0.4, 0.5) is 0 Å². The number of carbonyl (C=O) groups excluding carboxylic acids is 1. The fourth-order valence-electron chi connectivity index (χ4n) is 2.08. The van der Waals surface area contributed by atoms with Crippen LogP contribution in [-0.2, 0) is 9.59 Å². The molecule has 0 spiro atoms. The van der Waals surface area contributed by atoms with Gasteiger partial charge in [-0.25, -0.2) is 14.6 Å². The van der Waals surface area contributed by atoms with Gasteiger partial charge in [-0.3, -0.25) is 4.79 Å². The van der Waals surface area contributed by atoms with Crippen molar-refractivity contribution in [3.05, 3.63) is 36.0 Å². The van der Waals surface area contributed by atoms with E-state index in [2.05, 4.69) is 4.98 Å². The molecule has 1 amide bonds. The summed E-state index contributed by atoms with van der Waals surface area (Å²) in [7, 11) is 5.75. The van der Waals surface area contributed by atoms with Gasteiger partial charge in [0.2, 0.25) is 5.88 Å². The van der Waals surface area contributed by atoms with Gasteiger partial charge < -0.3 is 24.7 Å². The van der Waals surface area contributed by atoms with E-state index in [0.29, 0.717) is 30.1 Å². The zero-order valence-corrected chi connectivity index (χ0v) is 14.2. The number of fused-ring (bicyclic) bond motifs is 1. The van der Waals surface area contributed by atoms with Crippen molar-refractivity contribution in [1.29, 1.82) is 0 Å². The van der Waals surface area contributed by atoms with Crippen molar-refractivity contribution in [3.8, 4) is 5.88 Å². The predicted molar refractivity (Wildman–Crippen MR) is 88.6 cm³/mol. The molecule has 136 valence electrons. The van der Waals surface area contributed by atoms with E-state index >= 15 is 0 Å². The fraction of sp³-hybridized carbons (Fsp3) is 0.375. The predicted octanol–water partition coefficient (Wildman–Crippen LogP) is 0.188. The number of hydrogen-bond donors (Lipinski definition) is 2. The van der Waals surface area contributed by atoms with E-state index in [1.54, 1.807) is 30.3 Å². The van der Waals surface area contributed by atoms with Crippen LogP contribution in [0.25, 0.3) is 0 Å². The maximum Gasteiger partial charge on any atom is 0.328 e. The number of nitrogens with zero attached hydrogens (tertiary/aromatic N) is 3. The number of rotatable bonds is 4. The van der Waals surface area contributed by atoms with Gasteiger partial charge in [0.05, 0.1) is 6.54 Å². The van der Waals surface area contributed by atoms with E-state index in [9.17, 15) is 14.4 Å². The van der Waals surface area contributed by atoms with Gasteiger partial charge in [0.15, 0.2) is 0 Å². The maximum absolute atomic E-state index is 12.1. The van der Waals surface area contributed by atoms with Crippen LogP contribution in [0.1, 0.15) is 10.4 Å². The highest BCUT2D eigenvalue weighted by molar-refractivity contribution is 5.96. The summed E-state index contributed by atoms with van der Waals surface area (Å²) >= 11 is 0. The molecule has 1 unspecified atom stereocenters. The van der Waals surface area contributed by atoms with E-state index in [-0.39, 0.29) is 12.0 Å². The molecular weight excluding hydrogens is 330 g/mol. The molecule has 0 radical (unpaired) electrons. The van der Waals surface area contributed by atoms with Crippen LogP contribution in [0.3, 0.4) is 0 Å². The van der Waals surface area contributed by atoms with Crippen molar-refractivity contribution in [3.63, 3.8) is 0 Å². The standard InChI is InChI=1S/C12H17N3O2.C4H4O4/c1-14(2)7-9-8-15(3)12(16)10-5-4-6-13-11(10)17-9;5-3(6)1-2-4(7)8/h4-6,9H,7-8H2,1-3H3;1-2H,(H,5,6)(H,7,8). The van der Waals surface area contributed by atoms with Crippen molar-refractivity contribution in [2.75, 3.05) is 34.2 Å². The lowest BCUT2D eigenvalue weighted by Crippen LogP contribution is -2.39. The van der Waals surface area contributed by atoms with Crippen LogP contribution in [0.5, 0.6) is 5.88 Å². The highest BCUT2D eigenvalue weighted by Crippen LogP contribution is 2.21. The van der Waals surface area contributed by atoms with E-state index in [4.69, 9.17) is 14.9 Å². The molecule has 25 heavy (non-hydrogen) atoms. The molecule has 1 aliphatic rings. The van der Waals surface area contributed by atoms with Crippen LogP contribution in [0.15, 0.2) is 30.5 Å². The molecule has 9 heteroatoms. The Bertz CT molecular complexity index is 643. The van der Waals surface area contributed by atoms with Crippen molar-refractivity contribution >= 4 is 17.8 Å². The lowest BCUT2D eigenvalue weighted by molar-refractivity contribution is -0.134. The topological polar surface area (TPSA) is 120 Å². The Balaban J connectivity index is 0.000000333. The number of hydrogen-bond acceptors (Lipinski definition) is 6. The first kappa shape index (κ1) is 20.1. The molecule has 9 nitrogen and oxygen atoms in total.